The molecule has 0 N–H and O–H groups in total. The van der Waals surface area contributed by atoms with Gasteiger partial charge >= 0.3 is 0 Å². The Bertz CT molecular complexity index is 2200. The summed E-state index contributed by atoms with van der Waals surface area (Å²) >= 11 is 1.85. The third kappa shape index (κ3) is 4.90. The minimum Gasteiger partial charge on any atom is -0.228 e. The van der Waals surface area contributed by atoms with Crippen LogP contribution in [0.3, 0.4) is 0 Å². The summed E-state index contributed by atoms with van der Waals surface area (Å²) in [4.78, 5) is 10.0. The molecule has 3 heteroatoms. The highest BCUT2D eigenvalue weighted by atomic mass is 32.1. The summed E-state index contributed by atoms with van der Waals surface area (Å²) in [6.07, 6.45) is 0. The number of aromatic nitrogens is 2. The van der Waals surface area contributed by atoms with Gasteiger partial charge in [0, 0.05) is 36.9 Å². The maximum atomic E-state index is 5.02. The second-order valence-electron chi connectivity index (χ2n) is 10.7. The van der Waals surface area contributed by atoms with Crippen LogP contribution in [-0.4, -0.2) is 9.97 Å². The molecule has 0 spiro atoms. The van der Waals surface area contributed by atoms with Crippen LogP contribution in [0.2, 0.25) is 0 Å². The first kappa shape index (κ1) is 25.3. The van der Waals surface area contributed by atoms with Crippen molar-refractivity contribution in [2.24, 2.45) is 0 Å². The number of rotatable bonds is 5. The van der Waals surface area contributed by atoms with E-state index in [4.69, 9.17) is 9.97 Å². The molecule has 2 heterocycles. The Labute approximate surface area is 254 Å². The Kier molecular flexibility index (Phi) is 6.36. The third-order valence-corrected chi connectivity index (χ3v) is 9.07. The Morgan fingerprint density at radius 3 is 1.44 bits per heavy atom. The third-order valence-electron chi connectivity index (χ3n) is 7.94. The molecule has 0 atom stereocenters. The van der Waals surface area contributed by atoms with Crippen LogP contribution < -0.4 is 0 Å². The van der Waals surface area contributed by atoms with Gasteiger partial charge in [0.25, 0.3) is 0 Å². The molecule has 6 aromatic carbocycles. The number of hydrogen-bond donors (Lipinski definition) is 0. The summed E-state index contributed by atoms with van der Waals surface area (Å²) in [5, 5.41) is 2.65. The first-order chi connectivity index (χ1) is 21.3. The molecule has 8 aromatic rings. The molecule has 0 unspecified atom stereocenters. The van der Waals surface area contributed by atoms with Crippen LogP contribution in [0.1, 0.15) is 0 Å². The predicted octanol–water partition coefficient (Wildman–Crippen LogP) is 11.2. The quantitative estimate of drug-likeness (QED) is 0.207. The molecule has 0 aliphatic carbocycles. The van der Waals surface area contributed by atoms with Gasteiger partial charge in [-0.05, 0) is 40.5 Å². The van der Waals surface area contributed by atoms with E-state index >= 15 is 0 Å². The normalized spacial score (nSPS) is 11.3. The molecule has 0 aliphatic rings. The largest absolute Gasteiger partial charge is 0.228 e. The lowest BCUT2D eigenvalue weighted by atomic mass is 10.00. The molecule has 0 amide bonds. The van der Waals surface area contributed by atoms with Crippen molar-refractivity contribution in [1.29, 1.82) is 0 Å². The molecule has 8 rings (SSSR count). The van der Waals surface area contributed by atoms with Gasteiger partial charge in [-0.25, -0.2) is 9.97 Å². The van der Waals surface area contributed by atoms with Crippen molar-refractivity contribution in [3.05, 3.63) is 158 Å². The second kappa shape index (κ2) is 10.8. The zero-order chi connectivity index (χ0) is 28.6. The van der Waals surface area contributed by atoms with Crippen molar-refractivity contribution in [3.8, 4) is 56.2 Å². The van der Waals surface area contributed by atoms with Crippen LogP contribution in [0, 0.1) is 0 Å². The van der Waals surface area contributed by atoms with E-state index in [-0.39, 0.29) is 0 Å². The van der Waals surface area contributed by atoms with Crippen molar-refractivity contribution in [3.63, 3.8) is 0 Å². The molecule has 0 fully saturated rings. The molecule has 0 radical (unpaired) electrons. The Balaban J connectivity index is 1.17. The molecular weight excluding hydrogens is 541 g/mol. The predicted molar refractivity (Wildman–Crippen MR) is 182 cm³/mol. The zero-order valence-electron chi connectivity index (χ0n) is 23.3. The molecule has 2 aromatic heterocycles. The van der Waals surface area contributed by atoms with E-state index < -0.39 is 0 Å². The van der Waals surface area contributed by atoms with Gasteiger partial charge in [0.1, 0.15) is 0 Å². The Morgan fingerprint density at radius 2 is 0.791 bits per heavy atom. The minimum atomic E-state index is 0.722. The van der Waals surface area contributed by atoms with Crippen molar-refractivity contribution in [2.75, 3.05) is 0 Å². The molecule has 43 heavy (non-hydrogen) atoms. The smallest absolute Gasteiger partial charge is 0.160 e. The summed E-state index contributed by atoms with van der Waals surface area (Å²) in [6, 6.07) is 55.5. The first-order valence-corrected chi connectivity index (χ1v) is 15.2. The van der Waals surface area contributed by atoms with Crippen LogP contribution in [0.25, 0.3) is 76.3 Å². The number of benzene rings is 6. The first-order valence-electron chi connectivity index (χ1n) is 14.4. The average Bonchev–Trinajstić information content (AvgIpc) is 3.47. The summed E-state index contributed by atoms with van der Waals surface area (Å²) in [6.45, 7) is 0. The van der Waals surface area contributed by atoms with Gasteiger partial charge in [-0.2, -0.15) is 0 Å². The van der Waals surface area contributed by atoms with E-state index in [1.807, 2.05) is 35.6 Å². The van der Waals surface area contributed by atoms with Gasteiger partial charge in [-0.15, -0.1) is 11.3 Å². The van der Waals surface area contributed by atoms with Gasteiger partial charge in [0.2, 0.25) is 0 Å². The molecular formula is C40H26N2S. The maximum Gasteiger partial charge on any atom is 0.160 e. The average molecular weight is 567 g/mol. The lowest BCUT2D eigenvalue weighted by Gasteiger charge is -2.11. The van der Waals surface area contributed by atoms with Crippen molar-refractivity contribution in [1.82, 2.24) is 9.97 Å². The van der Waals surface area contributed by atoms with Gasteiger partial charge < -0.3 is 0 Å². The van der Waals surface area contributed by atoms with E-state index in [2.05, 4.69) is 133 Å². The molecule has 2 nitrogen and oxygen atoms in total. The van der Waals surface area contributed by atoms with Crippen LogP contribution in [-0.2, 0) is 0 Å². The van der Waals surface area contributed by atoms with E-state index in [1.54, 1.807) is 0 Å². The monoisotopic (exact) mass is 566 g/mol. The Morgan fingerprint density at radius 1 is 0.326 bits per heavy atom. The fraction of sp³-hybridized carbons (Fsp3) is 0. The highest BCUT2D eigenvalue weighted by molar-refractivity contribution is 7.25. The van der Waals surface area contributed by atoms with E-state index in [1.165, 1.54) is 42.4 Å². The zero-order valence-corrected chi connectivity index (χ0v) is 24.1. The molecule has 0 bridgehead atoms. The van der Waals surface area contributed by atoms with Crippen molar-refractivity contribution >= 4 is 31.5 Å². The number of hydrogen-bond acceptors (Lipinski definition) is 3. The summed E-state index contributed by atoms with van der Waals surface area (Å²) in [7, 11) is 0. The topological polar surface area (TPSA) is 25.8 Å². The second-order valence-corrected chi connectivity index (χ2v) is 11.7. The molecule has 0 aliphatic heterocycles. The lowest BCUT2D eigenvalue weighted by Crippen LogP contribution is -1.96. The fourth-order valence-corrected chi connectivity index (χ4v) is 6.81. The molecule has 202 valence electrons. The van der Waals surface area contributed by atoms with Crippen molar-refractivity contribution < 1.29 is 0 Å². The highest BCUT2D eigenvalue weighted by Gasteiger charge is 2.12. The van der Waals surface area contributed by atoms with E-state index in [0.29, 0.717) is 0 Å². The summed E-state index contributed by atoms with van der Waals surface area (Å²) in [5.74, 6) is 0.722. The van der Waals surface area contributed by atoms with E-state index in [9.17, 15) is 0 Å². The summed E-state index contributed by atoms with van der Waals surface area (Å²) < 4.78 is 2.64. The van der Waals surface area contributed by atoms with Gasteiger partial charge in [-0.1, -0.05) is 140 Å². The highest BCUT2D eigenvalue weighted by Crippen LogP contribution is 2.37. The van der Waals surface area contributed by atoms with Gasteiger partial charge in [0.15, 0.2) is 5.82 Å². The number of nitrogens with zero attached hydrogens (tertiary/aromatic N) is 2. The maximum absolute atomic E-state index is 5.02. The Hall–Kier alpha value is -5.38. The van der Waals surface area contributed by atoms with Crippen molar-refractivity contribution in [2.45, 2.75) is 0 Å². The lowest BCUT2D eigenvalue weighted by molar-refractivity contribution is 1.18. The number of fused-ring (bicyclic) bond motifs is 3. The molecule has 0 saturated heterocycles. The SMILES string of the molecule is c1ccc(-c2ccc(-c3cc(-c4ccc(-c5ccc6c(c5)sc5ccccc56)cc4)nc(-c4ccccc4)n3)cc2)cc1. The van der Waals surface area contributed by atoms with Gasteiger partial charge in [-0.3, -0.25) is 0 Å². The van der Waals surface area contributed by atoms with Crippen LogP contribution in [0.15, 0.2) is 158 Å². The standard InChI is InChI=1S/C40H26N2S/c1-3-9-27(10-4-1)28-15-19-30(20-16-28)36-26-37(42-40(41-36)32-11-5-2-6-12-32)31-21-17-29(18-22-31)33-23-24-35-34-13-7-8-14-38(34)43-39(35)25-33/h1-26H. The van der Waals surface area contributed by atoms with Gasteiger partial charge in [0.05, 0.1) is 11.4 Å². The molecule has 0 saturated carbocycles. The summed E-state index contributed by atoms with van der Waals surface area (Å²) in [5.41, 5.74) is 9.74. The fourth-order valence-electron chi connectivity index (χ4n) is 5.66. The van der Waals surface area contributed by atoms with Crippen LogP contribution in [0.4, 0.5) is 0 Å². The van der Waals surface area contributed by atoms with Crippen LogP contribution >= 0.6 is 11.3 Å². The van der Waals surface area contributed by atoms with Crippen LogP contribution in [0.5, 0.6) is 0 Å². The number of thiophene rings is 1. The minimum absolute atomic E-state index is 0.722. The van der Waals surface area contributed by atoms with E-state index in [0.717, 1.165) is 33.9 Å².